The van der Waals surface area contributed by atoms with Crippen molar-refractivity contribution in [3.05, 3.63) is 174 Å². The van der Waals surface area contributed by atoms with Gasteiger partial charge in [-0.3, -0.25) is 0 Å². The summed E-state index contributed by atoms with van der Waals surface area (Å²) in [7, 11) is 0. The number of hydrogen-bond donors (Lipinski definition) is 0. The maximum atomic E-state index is 15.3. The zero-order valence-corrected chi connectivity index (χ0v) is 39.2. The molecule has 0 aliphatic carbocycles. The molecule has 0 N–H and O–H groups in total. The Hall–Kier alpha value is -5.78. The second kappa shape index (κ2) is 17.4. The minimum atomic E-state index is -0.576. The molecule has 1 aliphatic heterocycles. The van der Waals surface area contributed by atoms with Crippen molar-refractivity contribution in [2.45, 2.75) is 85.5 Å². The molecule has 0 amide bonds. The third kappa shape index (κ3) is 8.17. The molecular formula is C55H51F2N4OPt-3. The summed E-state index contributed by atoms with van der Waals surface area (Å²) in [6.07, 6.45) is 3.92. The summed E-state index contributed by atoms with van der Waals surface area (Å²) in [6.45, 7) is 19.4. The van der Waals surface area contributed by atoms with Crippen molar-refractivity contribution in [2.75, 3.05) is 9.80 Å². The Balaban J connectivity index is 0.00000544. The first-order valence-corrected chi connectivity index (χ1v) is 21.6. The van der Waals surface area contributed by atoms with E-state index in [1.807, 2.05) is 36.5 Å². The summed E-state index contributed by atoms with van der Waals surface area (Å²) >= 11 is 0. The molecule has 0 fully saturated rings. The third-order valence-corrected chi connectivity index (χ3v) is 11.8. The van der Waals surface area contributed by atoms with Gasteiger partial charge in [-0.2, -0.15) is 6.07 Å². The smallest absolute Gasteiger partial charge is 0.135 e. The normalized spacial score (nSPS) is 12.8. The number of pyridine rings is 1. The van der Waals surface area contributed by atoms with Crippen LogP contribution in [-0.2, 0) is 32.9 Å². The summed E-state index contributed by atoms with van der Waals surface area (Å²) in [5, 5.41) is 2.19. The quantitative estimate of drug-likeness (QED) is 0.128. The molecule has 63 heavy (non-hydrogen) atoms. The molecule has 3 heterocycles. The number of fused-ring (bicyclic) bond motifs is 4. The van der Waals surface area contributed by atoms with Gasteiger partial charge in [-0.05, 0) is 106 Å². The molecule has 0 spiro atoms. The molecule has 8 aromatic rings. The van der Waals surface area contributed by atoms with Gasteiger partial charge < -0.3 is 19.1 Å². The number of anilines is 4. The van der Waals surface area contributed by atoms with E-state index in [4.69, 9.17) is 9.72 Å². The molecule has 5 nitrogen and oxygen atoms in total. The molecule has 0 atom stereocenters. The number of halogens is 2. The van der Waals surface area contributed by atoms with E-state index in [-0.39, 0.29) is 43.9 Å². The monoisotopic (exact) mass is 1020 g/mol. The molecule has 0 saturated carbocycles. The first-order valence-electron chi connectivity index (χ1n) is 21.6. The zero-order valence-electron chi connectivity index (χ0n) is 37.0. The molecule has 1 aliphatic rings. The minimum Gasteiger partial charge on any atom is -0.509 e. The van der Waals surface area contributed by atoms with Gasteiger partial charge in [0.2, 0.25) is 0 Å². The van der Waals surface area contributed by atoms with Gasteiger partial charge in [0.25, 0.3) is 0 Å². The second-order valence-electron chi connectivity index (χ2n) is 17.9. The van der Waals surface area contributed by atoms with E-state index in [1.54, 1.807) is 0 Å². The number of aromatic nitrogens is 2. The molecular weight excluding hydrogens is 966 g/mol. The molecule has 324 valence electrons. The average molecular weight is 1020 g/mol. The molecule has 2 aromatic heterocycles. The van der Waals surface area contributed by atoms with Crippen molar-refractivity contribution in [1.82, 2.24) is 9.55 Å². The van der Waals surface area contributed by atoms with E-state index in [0.29, 0.717) is 17.1 Å². The third-order valence-electron chi connectivity index (χ3n) is 11.8. The van der Waals surface area contributed by atoms with Crippen LogP contribution >= 0.6 is 0 Å². The fourth-order valence-corrected chi connectivity index (χ4v) is 8.70. The second-order valence-corrected chi connectivity index (χ2v) is 17.9. The Kier molecular flexibility index (Phi) is 12.1. The Morgan fingerprint density at radius 2 is 1.38 bits per heavy atom. The van der Waals surface area contributed by atoms with Gasteiger partial charge in [-0.15, -0.1) is 53.6 Å². The summed E-state index contributed by atoms with van der Waals surface area (Å²) in [6, 6.07) is 44.5. The molecule has 0 radical (unpaired) electrons. The summed E-state index contributed by atoms with van der Waals surface area (Å²) in [5.74, 6) is 0.932. The van der Waals surface area contributed by atoms with Crippen LogP contribution in [0.3, 0.4) is 0 Å². The number of nitrogens with zero attached hydrogens (tertiary/aromatic N) is 4. The van der Waals surface area contributed by atoms with E-state index in [9.17, 15) is 0 Å². The van der Waals surface area contributed by atoms with E-state index in [0.717, 1.165) is 79.9 Å². The Morgan fingerprint density at radius 1 is 0.714 bits per heavy atom. The number of benzene rings is 6. The van der Waals surface area contributed by atoms with Crippen LogP contribution in [0.4, 0.5) is 31.5 Å². The van der Waals surface area contributed by atoms with E-state index >= 15 is 8.78 Å². The average Bonchev–Trinajstić information content (AvgIpc) is 3.79. The van der Waals surface area contributed by atoms with E-state index in [1.165, 1.54) is 23.8 Å². The Bertz CT molecular complexity index is 2930. The van der Waals surface area contributed by atoms with Crippen LogP contribution in [0.15, 0.2) is 121 Å². The van der Waals surface area contributed by atoms with Crippen molar-refractivity contribution >= 4 is 44.6 Å². The predicted octanol–water partition coefficient (Wildman–Crippen LogP) is 15.4. The first-order chi connectivity index (χ1) is 29.8. The summed E-state index contributed by atoms with van der Waals surface area (Å²) < 4.78 is 39.5. The molecule has 8 heteroatoms. The molecule has 0 bridgehead atoms. The van der Waals surface area contributed by atoms with Gasteiger partial charge >= 0.3 is 0 Å². The van der Waals surface area contributed by atoms with Crippen LogP contribution < -0.4 is 14.5 Å². The van der Waals surface area contributed by atoms with Gasteiger partial charge in [0.1, 0.15) is 17.5 Å². The number of rotatable bonds is 10. The maximum absolute atomic E-state index is 15.3. The first kappa shape index (κ1) is 43.9. The summed E-state index contributed by atoms with van der Waals surface area (Å²) in [5.41, 5.74) is 10.4. The molecule has 9 rings (SSSR count). The van der Waals surface area contributed by atoms with Gasteiger partial charge in [0.05, 0.1) is 5.56 Å². The molecule has 0 unspecified atom stereocenters. The standard InChI is InChI=1S/C55H51F2N4O.Pt/c1-9-15-36-24-25-58-52(26-36)61-48-19-11-10-16-42(48)43-23-22-40(32-51(43)61)62-41-30-38(55(6,7)8)29-39(31-41)59-33-60(50-21-13-12-20-49(50)59)54-44(34(2)3)27-37(28-45(54)35(4)5)53-46(56)17-14-18-47(53)57;/h10-14,16-30,33-35H,9,15H2,1-8H3;/q-3;. The fourth-order valence-electron chi connectivity index (χ4n) is 8.70. The number of ether oxygens (including phenoxy) is 1. The minimum absolute atomic E-state index is 0. The van der Waals surface area contributed by atoms with Crippen LogP contribution in [0.25, 0.3) is 38.8 Å². The zero-order chi connectivity index (χ0) is 43.4. The van der Waals surface area contributed by atoms with Gasteiger partial charge in [-0.1, -0.05) is 104 Å². The number of hydrogen-bond acceptors (Lipinski definition) is 4. The molecule has 0 saturated heterocycles. The largest absolute Gasteiger partial charge is 0.509 e. The number of para-hydroxylation sites is 3. The van der Waals surface area contributed by atoms with Crippen LogP contribution in [0.5, 0.6) is 11.5 Å². The number of aryl methyl sites for hydroxylation is 1. The Labute approximate surface area is 384 Å². The van der Waals surface area contributed by atoms with Crippen molar-refractivity contribution in [1.29, 1.82) is 0 Å². The van der Waals surface area contributed by atoms with E-state index < -0.39 is 11.6 Å². The van der Waals surface area contributed by atoms with Crippen LogP contribution in [0, 0.1) is 30.4 Å². The Morgan fingerprint density at radius 3 is 2.05 bits per heavy atom. The van der Waals surface area contributed by atoms with Crippen molar-refractivity contribution < 1.29 is 34.6 Å². The van der Waals surface area contributed by atoms with Crippen LogP contribution in [0.2, 0.25) is 0 Å². The van der Waals surface area contributed by atoms with Crippen molar-refractivity contribution in [3.63, 3.8) is 0 Å². The molecule has 6 aromatic carbocycles. The van der Waals surface area contributed by atoms with Gasteiger partial charge in [0.15, 0.2) is 0 Å². The summed E-state index contributed by atoms with van der Waals surface area (Å²) in [4.78, 5) is 9.21. The van der Waals surface area contributed by atoms with Crippen molar-refractivity contribution in [2.24, 2.45) is 0 Å². The van der Waals surface area contributed by atoms with Crippen molar-refractivity contribution in [3.8, 4) is 28.4 Å². The SMILES string of the molecule is CCCc1ccnc(-n2c3[c-]c(Oc4[c-]c(N5[CH-]N(c6c(C(C)C)cc(-c7c(F)cccc7F)cc6C(C)C)c6ccccc65)cc(C(C)(C)C)c4)ccc3c3ccccc32)c1.[Pt]. The van der Waals surface area contributed by atoms with Gasteiger partial charge in [0, 0.05) is 61.3 Å². The topological polar surface area (TPSA) is 33.5 Å². The predicted molar refractivity (Wildman–Crippen MR) is 250 cm³/mol. The van der Waals surface area contributed by atoms with E-state index in [2.05, 4.69) is 155 Å². The maximum Gasteiger partial charge on any atom is 0.135 e. The van der Waals surface area contributed by atoms with Crippen LogP contribution in [0.1, 0.15) is 95.9 Å². The van der Waals surface area contributed by atoms with Gasteiger partial charge in [-0.25, -0.2) is 13.8 Å². The fraction of sp³-hybridized carbons (Fsp3) is 0.236. The van der Waals surface area contributed by atoms with Crippen LogP contribution in [-0.4, -0.2) is 9.55 Å².